The molecule has 124 valence electrons. The SMILES string of the molecule is CC(=O)c1ccccc1[N+](=O)[O-].CC(=O)c1ccccc1[N+](=O)[O-]. The molecule has 8 nitrogen and oxygen atoms in total. The lowest BCUT2D eigenvalue weighted by molar-refractivity contribution is -0.385. The number of ketones is 2. The van der Waals surface area contributed by atoms with Crippen molar-refractivity contribution in [2.45, 2.75) is 13.8 Å². The minimum Gasteiger partial charge on any atom is -0.294 e. The number of nitro benzene ring substituents is 2. The molecule has 0 saturated heterocycles. The van der Waals surface area contributed by atoms with E-state index < -0.39 is 9.85 Å². The smallest absolute Gasteiger partial charge is 0.280 e. The van der Waals surface area contributed by atoms with E-state index in [1.807, 2.05) is 0 Å². The molecule has 0 amide bonds. The number of para-hydroxylation sites is 2. The summed E-state index contributed by atoms with van der Waals surface area (Å²) in [5.41, 5.74) is 0.0417. The standard InChI is InChI=1S/2C8H7NO3/c2*1-6(10)7-4-2-3-5-8(7)9(11)12/h2*2-5H,1H3. The third kappa shape index (κ3) is 4.80. The molecule has 2 aromatic carbocycles. The Labute approximate surface area is 137 Å². The van der Waals surface area contributed by atoms with Crippen molar-refractivity contribution in [3.63, 3.8) is 0 Å². The second-order valence-electron chi connectivity index (χ2n) is 4.66. The van der Waals surface area contributed by atoms with Crippen molar-refractivity contribution in [3.8, 4) is 0 Å². The third-order valence-corrected chi connectivity index (χ3v) is 2.96. The van der Waals surface area contributed by atoms with E-state index in [1.165, 1.54) is 50.2 Å². The summed E-state index contributed by atoms with van der Waals surface area (Å²) in [4.78, 5) is 41.4. The summed E-state index contributed by atoms with van der Waals surface area (Å²) in [6.45, 7) is 2.62. The van der Waals surface area contributed by atoms with Gasteiger partial charge in [0.15, 0.2) is 11.6 Å². The predicted molar refractivity (Wildman–Crippen MR) is 86.2 cm³/mol. The average Bonchev–Trinajstić information content (AvgIpc) is 2.55. The molecule has 0 fully saturated rings. The van der Waals surface area contributed by atoms with Gasteiger partial charge >= 0.3 is 0 Å². The zero-order chi connectivity index (χ0) is 18.3. The Morgan fingerprint density at radius 1 is 0.708 bits per heavy atom. The van der Waals surface area contributed by atoms with Crippen molar-refractivity contribution in [1.29, 1.82) is 0 Å². The number of benzene rings is 2. The Bertz CT molecular complexity index is 667. The van der Waals surface area contributed by atoms with Crippen LogP contribution in [-0.2, 0) is 0 Å². The van der Waals surface area contributed by atoms with E-state index in [0.717, 1.165) is 0 Å². The van der Waals surface area contributed by atoms with Gasteiger partial charge in [-0.25, -0.2) is 0 Å². The predicted octanol–water partition coefficient (Wildman–Crippen LogP) is 3.59. The van der Waals surface area contributed by atoms with Crippen LogP contribution in [0.25, 0.3) is 0 Å². The minimum atomic E-state index is -0.559. The number of carbonyl (C=O) groups excluding carboxylic acids is 2. The monoisotopic (exact) mass is 330 g/mol. The highest BCUT2D eigenvalue weighted by molar-refractivity contribution is 5.98. The summed E-state index contributed by atoms with van der Waals surface area (Å²) in [6, 6.07) is 11.8. The van der Waals surface area contributed by atoms with E-state index in [9.17, 15) is 29.8 Å². The Hall–Kier alpha value is -3.42. The molecule has 0 atom stereocenters. The number of nitro groups is 2. The average molecular weight is 330 g/mol. The highest BCUT2D eigenvalue weighted by Gasteiger charge is 2.15. The van der Waals surface area contributed by atoms with Crippen LogP contribution in [0, 0.1) is 20.2 Å². The first-order chi connectivity index (χ1) is 11.3. The molecule has 0 unspecified atom stereocenters. The molecule has 0 aromatic heterocycles. The molecule has 2 aromatic rings. The summed E-state index contributed by atoms with van der Waals surface area (Å²) >= 11 is 0. The molecule has 0 bridgehead atoms. The third-order valence-electron chi connectivity index (χ3n) is 2.96. The summed E-state index contributed by atoms with van der Waals surface area (Å²) in [6.07, 6.45) is 0. The summed E-state index contributed by atoms with van der Waals surface area (Å²) < 4.78 is 0. The first-order valence-electron chi connectivity index (χ1n) is 6.74. The van der Waals surface area contributed by atoms with Gasteiger partial charge in [-0.05, 0) is 26.0 Å². The number of rotatable bonds is 4. The lowest BCUT2D eigenvalue weighted by atomic mass is 10.1. The molecule has 0 aliphatic heterocycles. The van der Waals surface area contributed by atoms with Crippen LogP contribution in [0.4, 0.5) is 11.4 Å². The van der Waals surface area contributed by atoms with Crippen LogP contribution in [0.5, 0.6) is 0 Å². The number of Topliss-reactive ketones (excluding diaryl/α,β-unsaturated/α-hetero) is 2. The fraction of sp³-hybridized carbons (Fsp3) is 0.125. The first-order valence-corrected chi connectivity index (χ1v) is 6.74. The second-order valence-corrected chi connectivity index (χ2v) is 4.66. The molecule has 0 saturated carbocycles. The molecule has 0 heterocycles. The molecule has 0 radical (unpaired) electrons. The van der Waals surface area contributed by atoms with E-state index in [4.69, 9.17) is 0 Å². The molecular formula is C16H14N2O6. The molecule has 0 aliphatic rings. The quantitative estimate of drug-likeness (QED) is 0.480. The van der Waals surface area contributed by atoms with Crippen molar-refractivity contribution in [2.75, 3.05) is 0 Å². The normalized spacial score (nSPS) is 9.42. The molecule has 0 aliphatic carbocycles. The summed E-state index contributed by atoms with van der Waals surface area (Å²) in [5.74, 6) is -0.579. The van der Waals surface area contributed by atoms with E-state index >= 15 is 0 Å². The summed E-state index contributed by atoms with van der Waals surface area (Å²) in [5, 5.41) is 20.8. The van der Waals surface area contributed by atoms with Crippen LogP contribution in [0.3, 0.4) is 0 Å². The van der Waals surface area contributed by atoms with Gasteiger partial charge in [-0.1, -0.05) is 24.3 Å². The van der Waals surface area contributed by atoms with E-state index in [1.54, 1.807) is 12.1 Å². The Balaban J connectivity index is 0.000000240. The van der Waals surface area contributed by atoms with Gasteiger partial charge in [0, 0.05) is 12.1 Å². The van der Waals surface area contributed by atoms with Gasteiger partial charge < -0.3 is 0 Å². The fourth-order valence-electron chi connectivity index (χ4n) is 1.86. The van der Waals surface area contributed by atoms with Crippen LogP contribution in [0.1, 0.15) is 34.6 Å². The topological polar surface area (TPSA) is 120 Å². The maximum atomic E-state index is 10.9. The Morgan fingerprint density at radius 2 is 1.00 bits per heavy atom. The molecule has 0 spiro atoms. The molecule has 8 heteroatoms. The number of carbonyl (C=O) groups is 2. The van der Waals surface area contributed by atoms with Gasteiger partial charge in [0.05, 0.1) is 21.0 Å². The van der Waals surface area contributed by atoms with Gasteiger partial charge in [-0.15, -0.1) is 0 Å². The molecule has 24 heavy (non-hydrogen) atoms. The highest BCUT2D eigenvalue weighted by atomic mass is 16.6. The first kappa shape index (κ1) is 18.6. The lowest BCUT2D eigenvalue weighted by Gasteiger charge is -1.95. The number of hydrogen-bond donors (Lipinski definition) is 0. The van der Waals surface area contributed by atoms with E-state index in [-0.39, 0.29) is 34.1 Å². The van der Waals surface area contributed by atoms with Gasteiger partial charge in [0.2, 0.25) is 0 Å². The van der Waals surface area contributed by atoms with E-state index in [2.05, 4.69) is 0 Å². The fourth-order valence-corrected chi connectivity index (χ4v) is 1.86. The minimum absolute atomic E-state index is 0.134. The number of hydrogen-bond acceptors (Lipinski definition) is 6. The van der Waals surface area contributed by atoms with Crippen molar-refractivity contribution < 1.29 is 19.4 Å². The maximum absolute atomic E-state index is 10.9. The van der Waals surface area contributed by atoms with Gasteiger partial charge in [0.25, 0.3) is 11.4 Å². The van der Waals surface area contributed by atoms with Crippen LogP contribution in [0.2, 0.25) is 0 Å². The van der Waals surface area contributed by atoms with E-state index in [0.29, 0.717) is 0 Å². The highest BCUT2D eigenvalue weighted by Crippen LogP contribution is 2.18. The van der Waals surface area contributed by atoms with Crippen LogP contribution < -0.4 is 0 Å². The largest absolute Gasteiger partial charge is 0.294 e. The Kier molecular flexibility index (Phi) is 6.42. The number of nitrogens with zero attached hydrogens (tertiary/aromatic N) is 2. The Morgan fingerprint density at radius 3 is 1.21 bits per heavy atom. The van der Waals surface area contributed by atoms with Crippen LogP contribution in [0.15, 0.2) is 48.5 Å². The maximum Gasteiger partial charge on any atom is 0.280 e. The van der Waals surface area contributed by atoms with Crippen LogP contribution in [-0.4, -0.2) is 21.4 Å². The van der Waals surface area contributed by atoms with Gasteiger partial charge in [0.1, 0.15) is 0 Å². The van der Waals surface area contributed by atoms with Gasteiger partial charge in [-0.2, -0.15) is 0 Å². The molecular weight excluding hydrogens is 316 g/mol. The summed E-state index contributed by atoms with van der Waals surface area (Å²) in [7, 11) is 0. The van der Waals surface area contributed by atoms with Crippen molar-refractivity contribution in [3.05, 3.63) is 79.9 Å². The lowest BCUT2D eigenvalue weighted by Crippen LogP contribution is -1.98. The van der Waals surface area contributed by atoms with Crippen molar-refractivity contribution in [2.24, 2.45) is 0 Å². The zero-order valence-electron chi connectivity index (χ0n) is 13.0. The molecule has 2 rings (SSSR count). The molecule has 0 N–H and O–H groups in total. The van der Waals surface area contributed by atoms with Crippen molar-refractivity contribution in [1.82, 2.24) is 0 Å². The zero-order valence-corrected chi connectivity index (χ0v) is 13.0. The van der Waals surface area contributed by atoms with Crippen molar-refractivity contribution >= 4 is 22.9 Å². The second kappa shape index (κ2) is 8.28. The van der Waals surface area contributed by atoms with Crippen LogP contribution >= 0.6 is 0 Å². The van der Waals surface area contributed by atoms with Gasteiger partial charge in [-0.3, -0.25) is 29.8 Å².